The van der Waals surface area contributed by atoms with E-state index in [-0.39, 0.29) is 16.8 Å². The minimum absolute atomic E-state index is 0.0550. The molecule has 7 nitrogen and oxygen atoms in total. The predicted molar refractivity (Wildman–Crippen MR) is 127 cm³/mol. The van der Waals surface area contributed by atoms with Gasteiger partial charge in [-0.05, 0) is 61.7 Å². The second kappa shape index (κ2) is 10.4. The fraction of sp³-hybridized carbons (Fsp3) is 0.458. The maximum Gasteiger partial charge on any atom is 0.251 e. The van der Waals surface area contributed by atoms with E-state index >= 15 is 0 Å². The quantitative estimate of drug-likeness (QED) is 0.654. The third kappa shape index (κ3) is 5.24. The summed E-state index contributed by atoms with van der Waals surface area (Å²) in [5, 5.41) is 3.11. The number of hydrogen-bond donors (Lipinski definition) is 1. The Labute approximate surface area is 191 Å². The third-order valence-electron chi connectivity index (χ3n) is 6.06. The highest BCUT2D eigenvalue weighted by molar-refractivity contribution is 7.89. The first-order valence-electron chi connectivity index (χ1n) is 11.1. The molecule has 2 aromatic carbocycles. The Balaban J connectivity index is 1.66. The highest BCUT2D eigenvalue weighted by Crippen LogP contribution is 2.24. The van der Waals surface area contributed by atoms with Crippen LogP contribution < -0.4 is 15.0 Å². The number of rotatable bonds is 8. The van der Waals surface area contributed by atoms with Crippen LogP contribution in [0.2, 0.25) is 0 Å². The van der Waals surface area contributed by atoms with Crippen molar-refractivity contribution in [1.29, 1.82) is 0 Å². The van der Waals surface area contributed by atoms with Gasteiger partial charge in [0.25, 0.3) is 5.91 Å². The molecule has 3 rings (SSSR count). The van der Waals surface area contributed by atoms with E-state index in [9.17, 15) is 13.2 Å². The van der Waals surface area contributed by atoms with E-state index < -0.39 is 10.0 Å². The SMILES string of the molecule is CCN(CC)S(=O)(=O)c1ccc(C)c(C(=O)NC2CCN(c3ccc(OC)cc3)CC2)c1. The average molecular weight is 460 g/mol. The number of sulfonamides is 1. The van der Waals surface area contributed by atoms with Gasteiger partial charge in [-0.3, -0.25) is 4.79 Å². The summed E-state index contributed by atoms with van der Waals surface area (Å²) in [6, 6.07) is 12.8. The summed E-state index contributed by atoms with van der Waals surface area (Å²) >= 11 is 0. The number of anilines is 1. The van der Waals surface area contributed by atoms with Gasteiger partial charge in [-0.25, -0.2) is 8.42 Å². The van der Waals surface area contributed by atoms with Crippen LogP contribution in [0, 0.1) is 6.92 Å². The molecule has 1 aliphatic rings. The number of piperidine rings is 1. The summed E-state index contributed by atoms with van der Waals surface area (Å²) in [6.07, 6.45) is 1.66. The molecule has 0 spiro atoms. The van der Waals surface area contributed by atoms with Crippen molar-refractivity contribution in [3.63, 3.8) is 0 Å². The molecule has 0 radical (unpaired) electrons. The van der Waals surface area contributed by atoms with Crippen LogP contribution in [0.4, 0.5) is 5.69 Å². The number of carbonyl (C=O) groups is 1. The zero-order valence-electron chi connectivity index (χ0n) is 19.3. The molecule has 32 heavy (non-hydrogen) atoms. The molecule has 0 atom stereocenters. The summed E-state index contributed by atoms with van der Waals surface area (Å²) in [4.78, 5) is 15.5. The van der Waals surface area contributed by atoms with E-state index in [1.165, 1.54) is 10.4 Å². The Morgan fingerprint density at radius 3 is 2.28 bits per heavy atom. The molecule has 1 heterocycles. The molecule has 0 unspecified atom stereocenters. The first-order valence-corrected chi connectivity index (χ1v) is 12.5. The number of nitrogens with zero attached hydrogens (tertiary/aromatic N) is 2. The van der Waals surface area contributed by atoms with Crippen LogP contribution in [-0.4, -0.2) is 58.0 Å². The van der Waals surface area contributed by atoms with Crippen molar-refractivity contribution in [2.24, 2.45) is 0 Å². The monoisotopic (exact) mass is 459 g/mol. The molecule has 0 saturated carbocycles. The third-order valence-corrected chi connectivity index (χ3v) is 8.11. The van der Waals surface area contributed by atoms with Gasteiger partial charge >= 0.3 is 0 Å². The normalized spacial score (nSPS) is 15.1. The zero-order valence-corrected chi connectivity index (χ0v) is 20.1. The Hall–Kier alpha value is -2.58. The van der Waals surface area contributed by atoms with Crippen molar-refractivity contribution in [1.82, 2.24) is 9.62 Å². The van der Waals surface area contributed by atoms with Crippen LogP contribution in [0.1, 0.15) is 42.6 Å². The van der Waals surface area contributed by atoms with Gasteiger partial charge in [0.05, 0.1) is 12.0 Å². The molecular weight excluding hydrogens is 426 g/mol. The summed E-state index contributed by atoms with van der Waals surface area (Å²) in [6.45, 7) is 7.90. The van der Waals surface area contributed by atoms with E-state index in [1.807, 2.05) is 31.2 Å². The van der Waals surface area contributed by atoms with E-state index in [0.717, 1.165) is 42.9 Å². The summed E-state index contributed by atoms with van der Waals surface area (Å²) in [7, 11) is -1.96. The molecule has 8 heteroatoms. The molecule has 2 aromatic rings. The number of methoxy groups -OCH3 is 1. The van der Waals surface area contributed by atoms with Gasteiger partial charge < -0.3 is 15.0 Å². The lowest BCUT2D eigenvalue weighted by atomic mass is 10.0. The van der Waals surface area contributed by atoms with Crippen molar-refractivity contribution in [3.05, 3.63) is 53.6 Å². The number of ether oxygens (including phenoxy) is 1. The largest absolute Gasteiger partial charge is 0.497 e. The molecule has 1 saturated heterocycles. The molecular formula is C24H33N3O4S. The van der Waals surface area contributed by atoms with Gasteiger partial charge in [-0.15, -0.1) is 0 Å². The highest BCUT2D eigenvalue weighted by atomic mass is 32.2. The van der Waals surface area contributed by atoms with Crippen molar-refractivity contribution < 1.29 is 17.9 Å². The lowest BCUT2D eigenvalue weighted by molar-refractivity contribution is 0.0930. The van der Waals surface area contributed by atoms with E-state index in [4.69, 9.17) is 4.74 Å². The van der Waals surface area contributed by atoms with Crippen LogP contribution >= 0.6 is 0 Å². The number of aryl methyl sites for hydroxylation is 1. The molecule has 0 aromatic heterocycles. The van der Waals surface area contributed by atoms with Crippen LogP contribution in [0.3, 0.4) is 0 Å². The number of benzene rings is 2. The van der Waals surface area contributed by atoms with Gasteiger partial charge in [-0.2, -0.15) is 4.31 Å². The van der Waals surface area contributed by atoms with Crippen LogP contribution in [-0.2, 0) is 10.0 Å². The van der Waals surface area contributed by atoms with Crippen LogP contribution in [0.5, 0.6) is 5.75 Å². The van der Waals surface area contributed by atoms with E-state index in [0.29, 0.717) is 18.7 Å². The fourth-order valence-corrected chi connectivity index (χ4v) is 5.54. The van der Waals surface area contributed by atoms with E-state index in [1.54, 1.807) is 33.1 Å². The van der Waals surface area contributed by atoms with Gasteiger partial charge in [0.15, 0.2) is 0 Å². The minimum Gasteiger partial charge on any atom is -0.497 e. The predicted octanol–water partition coefficient (Wildman–Crippen LogP) is 3.43. The van der Waals surface area contributed by atoms with Crippen molar-refractivity contribution in [3.8, 4) is 5.75 Å². The smallest absolute Gasteiger partial charge is 0.251 e. The van der Waals surface area contributed by atoms with Crippen molar-refractivity contribution in [2.45, 2.75) is 44.6 Å². The topological polar surface area (TPSA) is 79.0 Å². The molecule has 1 N–H and O–H groups in total. The number of nitrogens with one attached hydrogen (secondary N) is 1. The lowest BCUT2D eigenvalue weighted by Crippen LogP contribution is -2.44. The second-order valence-corrected chi connectivity index (χ2v) is 9.94. The standard InChI is InChI=1S/C24H33N3O4S/c1-5-27(6-2)32(29,30)22-12-7-18(3)23(17-22)24(28)25-19-13-15-26(16-14-19)20-8-10-21(31-4)11-9-20/h7-12,17,19H,5-6,13-16H2,1-4H3,(H,25,28). The summed E-state index contributed by atoms with van der Waals surface area (Å²) < 4.78 is 32.3. The number of carbonyl (C=O) groups excluding carboxylic acids is 1. The molecule has 1 aliphatic heterocycles. The second-order valence-electron chi connectivity index (χ2n) is 8.00. The first kappa shape index (κ1) is 24.1. The Kier molecular flexibility index (Phi) is 7.79. The highest BCUT2D eigenvalue weighted by Gasteiger charge is 2.25. The molecule has 0 bridgehead atoms. The van der Waals surface area contributed by atoms with Gasteiger partial charge in [0.2, 0.25) is 10.0 Å². The molecule has 0 aliphatic carbocycles. The first-order chi connectivity index (χ1) is 15.3. The van der Waals surface area contributed by atoms with Crippen LogP contribution in [0.25, 0.3) is 0 Å². The van der Waals surface area contributed by atoms with Crippen molar-refractivity contribution in [2.75, 3.05) is 38.2 Å². The Morgan fingerprint density at radius 1 is 1.09 bits per heavy atom. The maximum atomic E-state index is 13.0. The minimum atomic E-state index is -3.61. The summed E-state index contributed by atoms with van der Waals surface area (Å²) in [5.74, 6) is 0.610. The Bertz CT molecular complexity index is 1030. The average Bonchev–Trinajstić information content (AvgIpc) is 2.80. The van der Waals surface area contributed by atoms with Crippen LogP contribution in [0.15, 0.2) is 47.4 Å². The summed E-state index contributed by atoms with van der Waals surface area (Å²) in [5.41, 5.74) is 2.31. The molecule has 1 fully saturated rings. The van der Waals surface area contributed by atoms with E-state index in [2.05, 4.69) is 10.2 Å². The van der Waals surface area contributed by atoms with Gasteiger partial charge in [0, 0.05) is 43.5 Å². The fourth-order valence-electron chi connectivity index (χ4n) is 4.06. The van der Waals surface area contributed by atoms with Gasteiger partial charge in [-0.1, -0.05) is 19.9 Å². The Morgan fingerprint density at radius 2 is 1.72 bits per heavy atom. The van der Waals surface area contributed by atoms with Gasteiger partial charge in [0.1, 0.15) is 5.75 Å². The maximum absolute atomic E-state index is 13.0. The zero-order chi connectivity index (χ0) is 23.3. The molecule has 1 amide bonds. The molecule has 174 valence electrons. The number of hydrogen-bond acceptors (Lipinski definition) is 5. The van der Waals surface area contributed by atoms with Crippen molar-refractivity contribution >= 4 is 21.6 Å². The number of amides is 1. The lowest BCUT2D eigenvalue weighted by Gasteiger charge is -2.34.